The first-order valence-electron chi connectivity index (χ1n) is 6.97. The molecule has 0 fully saturated rings. The van der Waals surface area contributed by atoms with E-state index >= 15 is 0 Å². The van der Waals surface area contributed by atoms with Crippen LogP contribution in [0.2, 0.25) is 5.02 Å². The highest BCUT2D eigenvalue weighted by molar-refractivity contribution is 7.80. The maximum Gasteiger partial charge on any atom is 0.171 e. The Morgan fingerprint density at radius 2 is 2.00 bits per heavy atom. The number of hydrogen-bond donors (Lipinski definition) is 2. The molecular formula is C17H19ClN2OS. The molecule has 2 aromatic carbocycles. The van der Waals surface area contributed by atoms with E-state index in [9.17, 15) is 0 Å². The van der Waals surface area contributed by atoms with Crippen LogP contribution in [0.25, 0.3) is 0 Å². The molecule has 0 aliphatic rings. The maximum absolute atomic E-state index is 6.11. The zero-order valence-corrected chi connectivity index (χ0v) is 14.4. The van der Waals surface area contributed by atoms with Crippen LogP contribution in [0.4, 0.5) is 5.69 Å². The van der Waals surface area contributed by atoms with E-state index in [0.29, 0.717) is 10.1 Å². The van der Waals surface area contributed by atoms with Gasteiger partial charge in [0, 0.05) is 10.7 Å². The summed E-state index contributed by atoms with van der Waals surface area (Å²) < 4.78 is 5.24. The summed E-state index contributed by atoms with van der Waals surface area (Å²) in [6.45, 7) is 4.01. The van der Waals surface area contributed by atoms with Crippen molar-refractivity contribution in [1.82, 2.24) is 5.32 Å². The molecule has 1 atom stereocenters. The van der Waals surface area contributed by atoms with E-state index in [0.717, 1.165) is 22.6 Å². The number of anilines is 1. The first kappa shape index (κ1) is 16.6. The lowest BCUT2D eigenvalue weighted by Crippen LogP contribution is -2.30. The Morgan fingerprint density at radius 1 is 1.23 bits per heavy atom. The second-order valence-electron chi connectivity index (χ2n) is 5.06. The summed E-state index contributed by atoms with van der Waals surface area (Å²) in [6, 6.07) is 13.7. The fourth-order valence-electron chi connectivity index (χ4n) is 2.03. The number of rotatable bonds is 4. The number of aryl methyl sites for hydroxylation is 1. The van der Waals surface area contributed by atoms with Gasteiger partial charge in [-0.1, -0.05) is 29.8 Å². The SMILES string of the molecule is COc1cccc(C(C)NC(=S)Nc2ccc(C)c(Cl)c2)c1. The Bertz CT molecular complexity index is 675. The molecule has 0 aliphatic heterocycles. The summed E-state index contributed by atoms with van der Waals surface area (Å²) in [6.07, 6.45) is 0. The van der Waals surface area contributed by atoms with Crippen LogP contribution in [0.15, 0.2) is 42.5 Å². The predicted molar refractivity (Wildman–Crippen MR) is 97.0 cm³/mol. The summed E-state index contributed by atoms with van der Waals surface area (Å²) in [4.78, 5) is 0. The highest BCUT2D eigenvalue weighted by Gasteiger charge is 2.08. The van der Waals surface area contributed by atoms with Crippen molar-refractivity contribution < 1.29 is 4.74 Å². The van der Waals surface area contributed by atoms with Gasteiger partial charge in [-0.15, -0.1) is 0 Å². The van der Waals surface area contributed by atoms with E-state index in [2.05, 4.69) is 10.6 Å². The number of benzene rings is 2. The van der Waals surface area contributed by atoms with Crippen LogP contribution in [0.5, 0.6) is 5.75 Å². The van der Waals surface area contributed by atoms with Crippen molar-refractivity contribution in [3.05, 3.63) is 58.6 Å². The summed E-state index contributed by atoms with van der Waals surface area (Å²) in [5.74, 6) is 0.829. The fraction of sp³-hybridized carbons (Fsp3) is 0.235. The summed E-state index contributed by atoms with van der Waals surface area (Å²) in [5.41, 5.74) is 3.01. The fourth-order valence-corrected chi connectivity index (χ4v) is 2.50. The summed E-state index contributed by atoms with van der Waals surface area (Å²) in [7, 11) is 1.66. The maximum atomic E-state index is 6.11. The molecule has 3 nitrogen and oxygen atoms in total. The molecule has 0 saturated heterocycles. The van der Waals surface area contributed by atoms with E-state index in [1.807, 2.05) is 56.3 Å². The quantitative estimate of drug-likeness (QED) is 0.794. The second-order valence-corrected chi connectivity index (χ2v) is 5.88. The number of hydrogen-bond acceptors (Lipinski definition) is 2. The first-order valence-corrected chi connectivity index (χ1v) is 7.76. The molecule has 0 aliphatic carbocycles. The standard InChI is InChI=1S/C17H19ClN2OS/c1-11-7-8-14(10-16(11)18)20-17(22)19-12(2)13-5-4-6-15(9-13)21-3/h4-10,12H,1-3H3,(H2,19,20,22). The van der Waals surface area contributed by atoms with Gasteiger partial charge in [-0.3, -0.25) is 0 Å². The van der Waals surface area contributed by atoms with E-state index < -0.39 is 0 Å². The van der Waals surface area contributed by atoms with Gasteiger partial charge in [0.25, 0.3) is 0 Å². The molecule has 0 spiro atoms. The number of thiocarbonyl (C=S) groups is 1. The average Bonchev–Trinajstić information content (AvgIpc) is 2.51. The minimum absolute atomic E-state index is 0.0658. The highest BCUT2D eigenvalue weighted by Crippen LogP contribution is 2.21. The van der Waals surface area contributed by atoms with Crippen LogP contribution >= 0.6 is 23.8 Å². The molecule has 116 valence electrons. The smallest absolute Gasteiger partial charge is 0.171 e. The number of ether oxygens (including phenoxy) is 1. The van der Waals surface area contributed by atoms with Crippen molar-refractivity contribution in [1.29, 1.82) is 0 Å². The van der Waals surface area contributed by atoms with Crippen molar-refractivity contribution in [2.24, 2.45) is 0 Å². The van der Waals surface area contributed by atoms with Gasteiger partial charge < -0.3 is 15.4 Å². The molecule has 22 heavy (non-hydrogen) atoms. The van der Waals surface area contributed by atoms with Crippen molar-refractivity contribution >= 4 is 34.6 Å². The summed E-state index contributed by atoms with van der Waals surface area (Å²) >= 11 is 11.5. The molecule has 0 saturated carbocycles. The molecule has 5 heteroatoms. The third-order valence-electron chi connectivity index (χ3n) is 3.37. The normalized spacial score (nSPS) is 11.6. The first-order chi connectivity index (χ1) is 10.5. The number of halogens is 1. The topological polar surface area (TPSA) is 33.3 Å². The van der Waals surface area contributed by atoms with Crippen LogP contribution in [0, 0.1) is 6.92 Å². The van der Waals surface area contributed by atoms with E-state index in [-0.39, 0.29) is 6.04 Å². The molecule has 0 bridgehead atoms. The van der Waals surface area contributed by atoms with E-state index in [4.69, 9.17) is 28.6 Å². The third-order valence-corrected chi connectivity index (χ3v) is 4.00. The van der Waals surface area contributed by atoms with Crippen LogP contribution in [-0.4, -0.2) is 12.2 Å². The average molecular weight is 335 g/mol. The molecule has 0 amide bonds. The minimum Gasteiger partial charge on any atom is -0.497 e. The molecule has 0 heterocycles. The lowest BCUT2D eigenvalue weighted by atomic mass is 10.1. The van der Waals surface area contributed by atoms with Crippen LogP contribution in [0.1, 0.15) is 24.1 Å². The molecule has 0 aromatic heterocycles. The van der Waals surface area contributed by atoms with Crippen molar-refractivity contribution in [3.63, 3.8) is 0 Å². The van der Waals surface area contributed by atoms with Gasteiger partial charge in [-0.25, -0.2) is 0 Å². The Hall–Kier alpha value is -1.78. The minimum atomic E-state index is 0.0658. The molecular weight excluding hydrogens is 316 g/mol. The monoisotopic (exact) mass is 334 g/mol. The van der Waals surface area contributed by atoms with Gasteiger partial charge in [0.1, 0.15) is 5.75 Å². The Morgan fingerprint density at radius 3 is 2.68 bits per heavy atom. The number of methoxy groups -OCH3 is 1. The Balaban J connectivity index is 2.00. The van der Waals surface area contributed by atoms with Crippen LogP contribution < -0.4 is 15.4 Å². The van der Waals surface area contributed by atoms with Crippen molar-refractivity contribution in [2.75, 3.05) is 12.4 Å². The van der Waals surface area contributed by atoms with Gasteiger partial charge >= 0.3 is 0 Å². The van der Waals surface area contributed by atoms with E-state index in [1.165, 1.54) is 0 Å². The van der Waals surface area contributed by atoms with Gasteiger partial charge in [-0.2, -0.15) is 0 Å². The largest absolute Gasteiger partial charge is 0.497 e. The molecule has 1 unspecified atom stereocenters. The molecule has 2 aromatic rings. The van der Waals surface area contributed by atoms with E-state index in [1.54, 1.807) is 7.11 Å². The molecule has 2 rings (SSSR count). The predicted octanol–water partition coefficient (Wildman–Crippen LogP) is 4.70. The zero-order chi connectivity index (χ0) is 16.1. The lowest BCUT2D eigenvalue weighted by molar-refractivity contribution is 0.413. The van der Waals surface area contributed by atoms with Gasteiger partial charge in [0.2, 0.25) is 0 Å². The second kappa shape index (κ2) is 7.47. The van der Waals surface area contributed by atoms with Crippen molar-refractivity contribution in [3.8, 4) is 5.75 Å². The Labute approximate surface area is 141 Å². The number of nitrogens with one attached hydrogen (secondary N) is 2. The van der Waals surface area contributed by atoms with Gasteiger partial charge in [0.15, 0.2) is 5.11 Å². The summed E-state index contributed by atoms with van der Waals surface area (Å²) in [5, 5.41) is 7.66. The Kier molecular flexibility index (Phi) is 5.63. The highest BCUT2D eigenvalue weighted by atomic mass is 35.5. The van der Waals surface area contributed by atoms with Crippen molar-refractivity contribution in [2.45, 2.75) is 19.9 Å². The van der Waals surface area contributed by atoms with Gasteiger partial charge in [-0.05, 0) is 61.5 Å². The van der Waals surface area contributed by atoms with Crippen LogP contribution in [-0.2, 0) is 0 Å². The lowest BCUT2D eigenvalue weighted by Gasteiger charge is -2.18. The third kappa shape index (κ3) is 4.36. The molecule has 2 N–H and O–H groups in total. The van der Waals surface area contributed by atoms with Gasteiger partial charge in [0.05, 0.1) is 13.2 Å². The van der Waals surface area contributed by atoms with Crippen LogP contribution in [0.3, 0.4) is 0 Å². The molecule has 0 radical (unpaired) electrons. The zero-order valence-electron chi connectivity index (χ0n) is 12.8.